The van der Waals surface area contributed by atoms with Crippen LogP contribution in [0, 0.1) is 11.6 Å². The fraction of sp³-hybridized carbons (Fsp3) is 0.362. The van der Waals surface area contributed by atoms with Gasteiger partial charge in [0.25, 0.3) is 0 Å². The first-order valence-electron chi connectivity index (χ1n) is 20.7. The number of nitrogens with zero attached hydrogens (tertiary/aromatic N) is 4. The summed E-state index contributed by atoms with van der Waals surface area (Å²) in [5.41, 5.74) is 7.30. The van der Waals surface area contributed by atoms with E-state index in [1.807, 2.05) is 42.7 Å². The smallest absolute Gasteiger partial charge is 0.337 e. The number of nitrogens with one attached hydrogen (secondary N) is 2. The SMILES string of the molecule is COC(=O)c1ccc2[nH]cc(CCCCN3CCN(c4cccc(F)c4)CC3)c2c1.O=C(O)c1ccc2[nH]cc(CCCCN3CCN(c4cccc(F)c4)CC3)c2c1. The minimum absolute atomic E-state index is 0.175. The van der Waals surface area contributed by atoms with E-state index in [0.717, 1.165) is 137 Å². The Bertz CT molecular complexity index is 2330. The second-order valence-electron chi connectivity index (χ2n) is 15.5. The van der Waals surface area contributed by atoms with Gasteiger partial charge in [-0.3, -0.25) is 9.80 Å². The normalized spacial score (nSPS) is 15.0. The number of benzene rings is 4. The van der Waals surface area contributed by atoms with E-state index in [-0.39, 0.29) is 17.6 Å². The number of halogens is 2. The summed E-state index contributed by atoms with van der Waals surface area (Å²) in [6.45, 7) is 9.83. The molecule has 4 aromatic carbocycles. The molecule has 8 rings (SSSR count). The number of hydrogen-bond donors (Lipinski definition) is 3. The number of ether oxygens (including phenoxy) is 1. The lowest BCUT2D eigenvalue weighted by Gasteiger charge is -2.36. The van der Waals surface area contributed by atoms with Crippen LogP contribution >= 0.6 is 0 Å². The van der Waals surface area contributed by atoms with Gasteiger partial charge in [-0.25, -0.2) is 18.4 Å². The standard InChI is InChI=1S/C24H28FN3O2.C23H26FN3O2/c1-30-24(29)18-8-9-23-22(15-18)19(17-26-23)5-2-3-10-27-11-13-28(14-12-27)21-7-4-6-20(25)16-21;24-19-5-3-6-20(15-19)27-12-10-26(11-13-27)9-2-1-4-18-16-25-22-8-7-17(23(28)29)14-21(18)22/h4,6-9,15-17,26H,2-3,5,10-14H2,1H3;3,5-8,14-16,25H,1-2,4,9-13H2,(H,28,29). The maximum Gasteiger partial charge on any atom is 0.337 e. The van der Waals surface area contributed by atoms with E-state index < -0.39 is 5.97 Å². The summed E-state index contributed by atoms with van der Waals surface area (Å²) in [7, 11) is 1.41. The summed E-state index contributed by atoms with van der Waals surface area (Å²) < 4.78 is 31.7. The van der Waals surface area contributed by atoms with E-state index in [1.54, 1.807) is 42.5 Å². The molecular weight excluding hydrogens is 751 g/mol. The average Bonchev–Trinajstić information content (AvgIpc) is 3.87. The first kappa shape index (κ1) is 41.4. The number of fused-ring (bicyclic) bond motifs is 2. The van der Waals surface area contributed by atoms with Gasteiger partial charge in [0.1, 0.15) is 11.6 Å². The summed E-state index contributed by atoms with van der Waals surface area (Å²) in [6.07, 6.45) is 10.3. The minimum atomic E-state index is -0.892. The van der Waals surface area contributed by atoms with Crippen molar-refractivity contribution in [1.82, 2.24) is 19.8 Å². The number of carbonyl (C=O) groups excluding carboxylic acids is 1. The van der Waals surface area contributed by atoms with Crippen LogP contribution in [0.5, 0.6) is 0 Å². The lowest BCUT2D eigenvalue weighted by molar-refractivity contribution is 0.0600. The molecule has 10 nitrogen and oxygen atoms in total. The summed E-state index contributed by atoms with van der Waals surface area (Å²) in [5, 5.41) is 11.3. The topological polar surface area (TPSA) is 108 Å². The monoisotopic (exact) mass is 804 g/mol. The summed E-state index contributed by atoms with van der Waals surface area (Å²) in [6, 6.07) is 24.5. The van der Waals surface area contributed by atoms with Crippen molar-refractivity contribution in [2.75, 3.05) is 82.4 Å². The molecule has 0 atom stereocenters. The molecule has 0 amide bonds. The first-order chi connectivity index (χ1) is 28.7. The second kappa shape index (κ2) is 19.8. The number of anilines is 2. The molecule has 12 heteroatoms. The Balaban J connectivity index is 0.000000179. The number of aromatic amines is 2. The summed E-state index contributed by atoms with van der Waals surface area (Å²) in [5.74, 6) is -1.55. The van der Waals surface area contributed by atoms with Crippen molar-refractivity contribution < 1.29 is 28.2 Å². The summed E-state index contributed by atoms with van der Waals surface area (Å²) in [4.78, 5) is 39.0. The van der Waals surface area contributed by atoms with Crippen LogP contribution in [-0.4, -0.2) is 109 Å². The van der Waals surface area contributed by atoms with Crippen LogP contribution in [-0.2, 0) is 17.6 Å². The zero-order valence-corrected chi connectivity index (χ0v) is 33.8. The largest absolute Gasteiger partial charge is 0.478 e. The fourth-order valence-corrected chi connectivity index (χ4v) is 8.26. The van der Waals surface area contributed by atoms with Gasteiger partial charge in [-0.05, 0) is 136 Å². The van der Waals surface area contributed by atoms with Crippen molar-refractivity contribution in [3.63, 3.8) is 0 Å². The molecule has 4 heterocycles. The zero-order valence-electron chi connectivity index (χ0n) is 33.8. The Kier molecular flexibility index (Phi) is 13.9. The van der Waals surface area contributed by atoms with Gasteiger partial charge in [0.05, 0.1) is 18.2 Å². The Morgan fingerprint density at radius 1 is 0.610 bits per heavy atom. The molecule has 59 heavy (non-hydrogen) atoms. The van der Waals surface area contributed by atoms with Gasteiger partial charge in [0.2, 0.25) is 0 Å². The fourth-order valence-electron chi connectivity index (χ4n) is 8.26. The first-order valence-corrected chi connectivity index (χ1v) is 20.7. The van der Waals surface area contributed by atoms with Gasteiger partial charge < -0.3 is 29.6 Å². The van der Waals surface area contributed by atoms with Crippen molar-refractivity contribution in [3.05, 3.63) is 131 Å². The third kappa shape index (κ3) is 10.9. The van der Waals surface area contributed by atoms with Crippen molar-refractivity contribution in [2.24, 2.45) is 0 Å². The van der Waals surface area contributed by atoms with Crippen molar-refractivity contribution in [2.45, 2.75) is 38.5 Å². The van der Waals surface area contributed by atoms with Crippen molar-refractivity contribution in [1.29, 1.82) is 0 Å². The molecule has 0 spiro atoms. The number of rotatable bonds is 14. The highest BCUT2D eigenvalue weighted by atomic mass is 19.1. The maximum absolute atomic E-state index is 13.4. The van der Waals surface area contributed by atoms with Crippen LogP contribution < -0.4 is 9.80 Å². The van der Waals surface area contributed by atoms with Gasteiger partial charge in [0, 0.05) is 97.9 Å². The number of esters is 1. The van der Waals surface area contributed by atoms with Crippen molar-refractivity contribution >= 4 is 45.1 Å². The van der Waals surface area contributed by atoms with E-state index in [4.69, 9.17) is 4.74 Å². The van der Waals surface area contributed by atoms with E-state index in [2.05, 4.69) is 29.6 Å². The van der Waals surface area contributed by atoms with E-state index >= 15 is 0 Å². The molecule has 2 saturated heterocycles. The van der Waals surface area contributed by atoms with E-state index in [1.165, 1.54) is 30.4 Å². The van der Waals surface area contributed by atoms with Gasteiger partial charge in [-0.1, -0.05) is 12.1 Å². The average molecular weight is 805 g/mol. The molecule has 0 bridgehead atoms. The van der Waals surface area contributed by atoms with Gasteiger partial charge in [-0.15, -0.1) is 0 Å². The Hall–Kier alpha value is -5.72. The molecule has 0 unspecified atom stereocenters. The van der Waals surface area contributed by atoms with Crippen LogP contribution in [0.1, 0.15) is 57.5 Å². The number of unbranched alkanes of at least 4 members (excludes halogenated alkanes) is 2. The number of hydrogen-bond acceptors (Lipinski definition) is 7. The van der Waals surface area contributed by atoms with Gasteiger partial charge in [0.15, 0.2) is 0 Å². The highest BCUT2D eigenvalue weighted by molar-refractivity contribution is 5.96. The van der Waals surface area contributed by atoms with Crippen LogP contribution in [0.25, 0.3) is 21.8 Å². The molecule has 3 N–H and O–H groups in total. The molecule has 2 fully saturated rings. The number of H-pyrrole nitrogens is 2. The predicted molar refractivity (Wildman–Crippen MR) is 231 cm³/mol. The van der Waals surface area contributed by atoms with Crippen LogP contribution in [0.2, 0.25) is 0 Å². The molecule has 6 aromatic rings. The van der Waals surface area contributed by atoms with Crippen LogP contribution in [0.3, 0.4) is 0 Å². The number of aromatic nitrogens is 2. The Morgan fingerprint density at radius 3 is 1.51 bits per heavy atom. The molecule has 0 radical (unpaired) electrons. The van der Waals surface area contributed by atoms with Crippen LogP contribution in [0.4, 0.5) is 20.2 Å². The highest BCUT2D eigenvalue weighted by Gasteiger charge is 2.19. The Morgan fingerprint density at radius 2 is 1.07 bits per heavy atom. The Labute approximate surface area is 344 Å². The molecule has 2 aliphatic heterocycles. The number of carboxylic acid groups (broad SMARTS) is 1. The van der Waals surface area contributed by atoms with Crippen LogP contribution in [0.15, 0.2) is 97.3 Å². The predicted octanol–water partition coefficient (Wildman–Crippen LogP) is 8.39. The summed E-state index contributed by atoms with van der Waals surface area (Å²) >= 11 is 0. The number of carboxylic acids is 1. The van der Waals surface area contributed by atoms with Crippen molar-refractivity contribution in [3.8, 4) is 0 Å². The van der Waals surface area contributed by atoms with E-state index in [9.17, 15) is 23.5 Å². The second-order valence-corrected chi connectivity index (χ2v) is 15.5. The molecular formula is C47H54F2N6O4. The minimum Gasteiger partial charge on any atom is -0.478 e. The molecule has 0 aliphatic carbocycles. The number of aryl methyl sites for hydroxylation is 2. The van der Waals surface area contributed by atoms with Gasteiger partial charge >= 0.3 is 11.9 Å². The quantitative estimate of drug-likeness (QED) is 0.0745. The zero-order chi connectivity index (χ0) is 41.1. The number of methoxy groups -OCH3 is 1. The highest BCUT2D eigenvalue weighted by Crippen LogP contribution is 2.24. The lowest BCUT2D eigenvalue weighted by Crippen LogP contribution is -2.46. The third-order valence-corrected chi connectivity index (χ3v) is 11.6. The van der Waals surface area contributed by atoms with Gasteiger partial charge in [-0.2, -0.15) is 0 Å². The number of piperazine rings is 2. The molecule has 310 valence electrons. The molecule has 2 aromatic heterocycles. The third-order valence-electron chi connectivity index (χ3n) is 11.6. The maximum atomic E-state index is 13.4. The molecule has 2 aliphatic rings. The number of aromatic carboxylic acids is 1. The molecule has 0 saturated carbocycles. The van der Waals surface area contributed by atoms with E-state index in [0.29, 0.717) is 11.1 Å². The number of carbonyl (C=O) groups is 2. The lowest BCUT2D eigenvalue weighted by atomic mass is 10.0.